The standard InChI is InChI=1S/C16H12BrClF2/c17-12-7-13(19)15(14(20)8-12)16(18)11-5-4-9-2-1-3-10(9)6-11/h4-8,16H,1-3H2. The van der Waals surface area contributed by atoms with E-state index in [2.05, 4.69) is 15.9 Å². The average molecular weight is 358 g/mol. The van der Waals surface area contributed by atoms with Gasteiger partial charge in [0.1, 0.15) is 11.6 Å². The van der Waals surface area contributed by atoms with Gasteiger partial charge in [-0.15, -0.1) is 11.6 Å². The zero-order valence-electron chi connectivity index (χ0n) is 10.6. The van der Waals surface area contributed by atoms with Crippen LogP contribution in [0.5, 0.6) is 0 Å². The minimum Gasteiger partial charge on any atom is -0.206 e. The topological polar surface area (TPSA) is 0 Å². The second-order valence-corrected chi connectivity index (χ2v) is 6.38. The Morgan fingerprint density at radius 3 is 2.35 bits per heavy atom. The Balaban J connectivity index is 2.03. The van der Waals surface area contributed by atoms with Gasteiger partial charge in [-0.2, -0.15) is 0 Å². The summed E-state index contributed by atoms with van der Waals surface area (Å²) < 4.78 is 28.3. The quantitative estimate of drug-likeness (QED) is 0.619. The second-order valence-electron chi connectivity index (χ2n) is 5.03. The van der Waals surface area contributed by atoms with Crippen LogP contribution in [0.15, 0.2) is 34.8 Å². The lowest BCUT2D eigenvalue weighted by molar-refractivity contribution is 0.557. The molecule has 0 nitrogen and oxygen atoms in total. The highest BCUT2D eigenvalue weighted by atomic mass is 79.9. The van der Waals surface area contributed by atoms with Gasteiger partial charge >= 0.3 is 0 Å². The van der Waals surface area contributed by atoms with E-state index in [0.29, 0.717) is 4.47 Å². The Morgan fingerprint density at radius 1 is 1.00 bits per heavy atom. The number of benzene rings is 2. The molecule has 4 heteroatoms. The third-order valence-corrected chi connectivity index (χ3v) is 4.64. The van der Waals surface area contributed by atoms with Crippen molar-refractivity contribution in [3.63, 3.8) is 0 Å². The molecule has 0 amide bonds. The molecule has 0 spiro atoms. The normalized spacial score (nSPS) is 15.2. The molecule has 1 aliphatic carbocycles. The van der Waals surface area contributed by atoms with E-state index >= 15 is 0 Å². The highest BCUT2D eigenvalue weighted by Crippen LogP contribution is 2.36. The molecule has 2 aromatic carbocycles. The molecule has 1 aliphatic rings. The first-order valence-corrected chi connectivity index (χ1v) is 7.69. The van der Waals surface area contributed by atoms with E-state index in [0.717, 1.165) is 24.8 Å². The summed E-state index contributed by atoms with van der Waals surface area (Å²) in [5.74, 6) is -1.25. The van der Waals surface area contributed by atoms with E-state index < -0.39 is 17.0 Å². The van der Waals surface area contributed by atoms with E-state index in [-0.39, 0.29) is 5.56 Å². The maximum Gasteiger partial charge on any atom is 0.132 e. The van der Waals surface area contributed by atoms with Crippen molar-refractivity contribution in [2.24, 2.45) is 0 Å². The fourth-order valence-corrected chi connectivity index (χ4v) is 3.46. The van der Waals surface area contributed by atoms with Crippen molar-refractivity contribution in [1.82, 2.24) is 0 Å². The summed E-state index contributed by atoms with van der Waals surface area (Å²) in [7, 11) is 0. The van der Waals surface area contributed by atoms with Gasteiger partial charge in [0.15, 0.2) is 0 Å². The first-order chi connectivity index (χ1) is 9.56. The van der Waals surface area contributed by atoms with Crippen LogP contribution in [0.3, 0.4) is 0 Å². The van der Waals surface area contributed by atoms with Crippen molar-refractivity contribution >= 4 is 27.5 Å². The van der Waals surface area contributed by atoms with Crippen LogP contribution in [0.25, 0.3) is 0 Å². The van der Waals surface area contributed by atoms with Crippen LogP contribution < -0.4 is 0 Å². The van der Waals surface area contributed by atoms with Gasteiger partial charge in [-0.05, 0) is 48.1 Å². The Kier molecular flexibility index (Phi) is 3.83. The monoisotopic (exact) mass is 356 g/mol. The Morgan fingerprint density at radius 2 is 1.65 bits per heavy atom. The SMILES string of the molecule is Fc1cc(Br)cc(F)c1C(Cl)c1ccc2c(c1)CCC2. The fourth-order valence-electron chi connectivity index (χ4n) is 2.71. The molecule has 0 radical (unpaired) electrons. The van der Waals surface area contributed by atoms with Crippen molar-refractivity contribution in [3.8, 4) is 0 Å². The molecule has 0 saturated carbocycles. The third-order valence-electron chi connectivity index (χ3n) is 3.71. The Labute approximate surface area is 129 Å². The molecule has 0 N–H and O–H groups in total. The van der Waals surface area contributed by atoms with Gasteiger partial charge in [-0.1, -0.05) is 34.1 Å². The van der Waals surface area contributed by atoms with Gasteiger partial charge in [0.25, 0.3) is 0 Å². The van der Waals surface area contributed by atoms with Crippen LogP contribution in [0.4, 0.5) is 8.78 Å². The maximum atomic E-state index is 14.0. The maximum absolute atomic E-state index is 14.0. The Hall–Kier alpha value is -0.930. The van der Waals surface area contributed by atoms with Crippen molar-refractivity contribution < 1.29 is 8.78 Å². The molecule has 3 rings (SSSR count). The van der Waals surface area contributed by atoms with Gasteiger partial charge in [0.2, 0.25) is 0 Å². The first-order valence-electron chi connectivity index (χ1n) is 6.46. The zero-order valence-corrected chi connectivity index (χ0v) is 12.9. The van der Waals surface area contributed by atoms with E-state index in [1.807, 2.05) is 18.2 Å². The van der Waals surface area contributed by atoms with Crippen LogP contribution >= 0.6 is 27.5 Å². The number of hydrogen-bond acceptors (Lipinski definition) is 0. The second kappa shape index (κ2) is 5.45. The lowest BCUT2D eigenvalue weighted by Crippen LogP contribution is -2.02. The molecule has 0 aromatic heterocycles. The Bertz CT molecular complexity index is 647. The van der Waals surface area contributed by atoms with Crippen molar-refractivity contribution in [2.75, 3.05) is 0 Å². The lowest BCUT2D eigenvalue weighted by Gasteiger charge is -2.14. The van der Waals surface area contributed by atoms with Crippen LogP contribution in [0, 0.1) is 11.6 Å². The van der Waals surface area contributed by atoms with Crippen LogP contribution in [0.2, 0.25) is 0 Å². The summed E-state index contributed by atoms with van der Waals surface area (Å²) in [6, 6.07) is 8.33. The predicted molar refractivity (Wildman–Crippen MR) is 80.2 cm³/mol. The van der Waals surface area contributed by atoms with E-state index in [9.17, 15) is 8.78 Å². The molecule has 0 saturated heterocycles. The molecular formula is C16H12BrClF2. The average Bonchev–Trinajstić information content (AvgIpc) is 2.84. The minimum absolute atomic E-state index is 0.0900. The first kappa shape index (κ1) is 14.0. The van der Waals surface area contributed by atoms with Crippen molar-refractivity contribution in [2.45, 2.75) is 24.6 Å². The summed E-state index contributed by atoms with van der Waals surface area (Å²) in [4.78, 5) is 0. The summed E-state index contributed by atoms with van der Waals surface area (Å²) in [5, 5.41) is -0.811. The van der Waals surface area contributed by atoms with Gasteiger partial charge in [0.05, 0.1) is 5.38 Å². The van der Waals surface area contributed by atoms with Gasteiger partial charge in [-0.25, -0.2) is 8.78 Å². The number of halogens is 4. The summed E-state index contributed by atoms with van der Waals surface area (Å²) >= 11 is 9.37. The predicted octanol–water partition coefficient (Wildman–Crippen LogP) is 5.54. The molecule has 2 aromatic rings. The minimum atomic E-state index is -0.811. The number of aryl methyl sites for hydroxylation is 2. The van der Waals surface area contributed by atoms with E-state index in [1.165, 1.54) is 23.3 Å². The molecule has 1 unspecified atom stereocenters. The number of alkyl halides is 1. The molecule has 0 fully saturated rings. The number of fused-ring (bicyclic) bond motifs is 1. The summed E-state index contributed by atoms with van der Waals surface area (Å²) in [6.07, 6.45) is 3.22. The summed E-state index contributed by atoms with van der Waals surface area (Å²) in [5.41, 5.74) is 3.21. The van der Waals surface area contributed by atoms with E-state index in [1.54, 1.807) is 0 Å². The van der Waals surface area contributed by atoms with Gasteiger partial charge < -0.3 is 0 Å². The molecular weight excluding hydrogens is 346 g/mol. The van der Waals surface area contributed by atoms with Crippen molar-refractivity contribution in [1.29, 1.82) is 0 Å². The van der Waals surface area contributed by atoms with Crippen molar-refractivity contribution in [3.05, 3.63) is 68.7 Å². The third kappa shape index (κ3) is 2.49. The smallest absolute Gasteiger partial charge is 0.132 e. The molecule has 0 heterocycles. The number of rotatable bonds is 2. The number of hydrogen-bond donors (Lipinski definition) is 0. The van der Waals surface area contributed by atoms with Crippen LogP contribution in [-0.4, -0.2) is 0 Å². The molecule has 104 valence electrons. The van der Waals surface area contributed by atoms with Gasteiger partial charge in [0, 0.05) is 10.0 Å². The molecule has 20 heavy (non-hydrogen) atoms. The van der Waals surface area contributed by atoms with Gasteiger partial charge in [-0.3, -0.25) is 0 Å². The molecule has 0 aliphatic heterocycles. The largest absolute Gasteiger partial charge is 0.206 e. The highest BCUT2D eigenvalue weighted by Gasteiger charge is 2.22. The lowest BCUT2D eigenvalue weighted by atomic mass is 9.99. The highest BCUT2D eigenvalue weighted by molar-refractivity contribution is 9.10. The van der Waals surface area contributed by atoms with Crippen LogP contribution in [-0.2, 0) is 12.8 Å². The zero-order chi connectivity index (χ0) is 14.3. The molecule has 0 bridgehead atoms. The van der Waals surface area contributed by atoms with Crippen LogP contribution in [0.1, 0.15) is 34.1 Å². The fraction of sp³-hybridized carbons (Fsp3) is 0.250. The summed E-state index contributed by atoms with van der Waals surface area (Å²) in [6.45, 7) is 0. The molecule has 1 atom stereocenters. The van der Waals surface area contributed by atoms with E-state index in [4.69, 9.17) is 11.6 Å².